The van der Waals surface area contributed by atoms with Crippen molar-refractivity contribution in [2.45, 2.75) is 6.42 Å². The van der Waals surface area contributed by atoms with E-state index in [1.807, 2.05) is 72.8 Å². The Balaban J connectivity index is 1.38. The quantitative estimate of drug-likeness (QED) is 0.474. The van der Waals surface area contributed by atoms with Crippen molar-refractivity contribution < 1.29 is 9.53 Å². The molecule has 3 nitrogen and oxygen atoms in total. The topological polar surface area (TPSA) is 38.3 Å². The van der Waals surface area contributed by atoms with E-state index in [-0.39, 0.29) is 5.91 Å². The molecule has 0 aliphatic carbocycles. The maximum Gasteiger partial charge on any atom is 0.255 e. The summed E-state index contributed by atoms with van der Waals surface area (Å²) in [6.07, 6.45) is 0.851. The number of ether oxygens (including phenoxy) is 1. The van der Waals surface area contributed by atoms with Crippen LogP contribution in [0, 0.1) is 0 Å². The van der Waals surface area contributed by atoms with E-state index < -0.39 is 0 Å². The summed E-state index contributed by atoms with van der Waals surface area (Å²) in [5.41, 5.74) is 2.66. The van der Waals surface area contributed by atoms with Gasteiger partial charge >= 0.3 is 0 Å². The molecule has 0 aromatic heterocycles. The zero-order valence-electron chi connectivity index (χ0n) is 15.5. The minimum Gasteiger partial charge on any atom is -0.493 e. The first-order valence-corrected chi connectivity index (χ1v) is 9.35. The third-order valence-electron chi connectivity index (χ3n) is 4.66. The molecule has 0 atom stereocenters. The number of carbonyl (C=O) groups excluding carboxylic acids is 1. The first-order valence-electron chi connectivity index (χ1n) is 9.35. The van der Waals surface area contributed by atoms with Crippen molar-refractivity contribution in [2.24, 2.45) is 0 Å². The van der Waals surface area contributed by atoms with Gasteiger partial charge in [0.05, 0.1) is 6.61 Å². The maximum atomic E-state index is 12.6. The van der Waals surface area contributed by atoms with Crippen LogP contribution in [0.1, 0.15) is 15.9 Å². The molecule has 1 N–H and O–H groups in total. The van der Waals surface area contributed by atoms with E-state index in [0.29, 0.717) is 12.2 Å². The van der Waals surface area contributed by atoms with Crippen molar-refractivity contribution in [1.29, 1.82) is 0 Å². The van der Waals surface area contributed by atoms with Gasteiger partial charge in [0.15, 0.2) is 0 Å². The maximum absolute atomic E-state index is 12.6. The second kappa shape index (κ2) is 8.40. The van der Waals surface area contributed by atoms with Crippen LogP contribution in [0.2, 0.25) is 0 Å². The molecule has 138 valence electrons. The highest BCUT2D eigenvalue weighted by molar-refractivity contribution is 6.09. The summed E-state index contributed by atoms with van der Waals surface area (Å²) in [5, 5.41) is 5.13. The molecule has 4 aromatic carbocycles. The molecule has 3 heteroatoms. The average molecular weight is 367 g/mol. The second-order valence-electron chi connectivity index (χ2n) is 6.59. The monoisotopic (exact) mass is 367 g/mol. The Hall–Kier alpha value is -3.59. The summed E-state index contributed by atoms with van der Waals surface area (Å²) in [7, 11) is 0. The summed E-state index contributed by atoms with van der Waals surface area (Å²) < 4.78 is 5.79. The average Bonchev–Trinajstić information content (AvgIpc) is 2.75. The third-order valence-corrected chi connectivity index (χ3v) is 4.66. The molecule has 0 heterocycles. The Labute approximate surface area is 164 Å². The van der Waals surface area contributed by atoms with Crippen molar-refractivity contribution in [3.05, 3.63) is 108 Å². The molecular weight excluding hydrogens is 346 g/mol. The number of hydrogen-bond donors (Lipinski definition) is 1. The zero-order valence-corrected chi connectivity index (χ0v) is 15.5. The number of benzene rings is 4. The molecule has 0 aliphatic heterocycles. The van der Waals surface area contributed by atoms with E-state index in [2.05, 4.69) is 17.4 Å². The van der Waals surface area contributed by atoms with E-state index in [0.717, 1.165) is 28.6 Å². The van der Waals surface area contributed by atoms with Gasteiger partial charge in [-0.2, -0.15) is 0 Å². The highest BCUT2D eigenvalue weighted by atomic mass is 16.5. The Bertz CT molecular complexity index is 1070. The highest BCUT2D eigenvalue weighted by Crippen LogP contribution is 2.23. The molecule has 0 saturated carbocycles. The number of fused-ring (bicyclic) bond motifs is 1. The molecule has 0 fully saturated rings. The van der Waals surface area contributed by atoms with Gasteiger partial charge in [0.25, 0.3) is 5.91 Å². The van der Waals surface area contributed by atoms with E-state index in [9.17, 15) is 4.79 Å². The van der Waals surface area contributed by atoms with Crippen LogP contribution < -0.4 is 10.1 Å². The Morgan fingerprint density at radius 1 is 0.750 bits per heavy atom. The highest BCUT2D eigenvalue weighted by Gasteiger charge is 2.08. The van der Waals surface area contributed by atoms with Gasteiger partial charge in [-0.15, -0.1) is 0 Å². The van der Waals surface area contributed by atoms with Gasteiger partial charge in [-0.25, -0.2) is 0 Å². The minimum absolute atomic E-state index is 0.132. The number of nitrogens with one attached hydrogen (secondary N) is 1. The van der Waals surface area contributed by atoms with Gasteiger partial charge in [0, 0.05) is 23.1 Å². The largest absolute Gasteiger partial charge is 0.493 e. The fourth-order valence-corrected chi connectivity index (χ4v) is 3.16. The predicted octanol–water partition coefficient (Wildman–Crippen LogP) is 5.71. The fraction of sp³-hybridized carbons (Fsp3) is 0.0800. The number of anilines is 1. The van der Waals surface area contributed by atoms with Gasteiger partial charge in [0.2, 0.25) is 0 Å². The van der Waals surface area contributed by atoms with Crippen molar-refractivity contribution in [2.75, 3.05) is 11.9 Å². The summed E-state index contributed by atoms with van der Waals surface area (Å²) in [6, 6.07) is 31.4. The number of hydrogen-bond acceptors (Lipinski definition) is 2. The molecule has 0 saturated heterocycles. The lowest BCUT2D eigenvalue weighted by atomic mass is 10.1. The van der Waals surface area contributed by atoms with Crippen LogP contribution in [0.25, 0.3) is 10.8 Å². The molecule has 0 spiro atoms. The van der Waals surface area contributed by atoms with Gasteiger partial charge < -0.3 is 10.1 Å². The third kappa shape index (κ3) is 4.21. The first kappa shape index (κ1) is 17.8. The van der Waals surface area contributed by atoms with Gasteiger partial charge in [0.1, 0.15) is 5.75 Å². The molecule has 0 radical (unpaired) electrons. The molecule has 0 bridgehead atoms. The predicted molar refractivity (Wildman–Crippen MR) is 114 cm³/mol. The normalized spacial score (nSPS) is 10.6. The number of carbonyl (C=O) groups is 1. The summed E-state index contributed by atoms with van der Waals surface area (Å²) >= 11 is 0. The first-order chi connectivity index (χ1) is 13.8. The van der Waals surface area contributed by atoms with E-state index in [1.54, 1.807) is 12.1 Å². The lowest BCUT2D eigenvalue weighted by Gasteiger charge is -2.10. The fourth-order valence-electron chi connectivity index (χ4n) is 3.16. The van der Waals surface area contributed by atoms with Crippen LogP contribution in [0.15, 0.2) is 97.1 Å². The van der Waals surface area contributed by atoms with Gasteiger partial charge in [-0.05, 0) is 41.3 Å². The number of amides is 1. The van der Waals surface area contributed by atoms with Crippen LogP contribution >= 0.6 is 0 Å². The summed E-state index contributed by atoms with van der Waals surface area (Å²) in [4.78, 5) is 12.6. The second-order valence-corrected chi connectivity index (χ2v) is 6.59. The van der Waals surface area contributed by atoms with E-state index >= 15 is 0 Å². The SMILES string of the molecule is O=C(Nc1cccc2ccccc12)c1ccc(OCCc2ccccc2)cc1. The van der Waals surface area contributed by atoms with Crippen molar-refractivity contribution in [1.82, 2.24) is 0 Å². The summed E-state index contributed by atoms with van der Waals surface area (Å²) in [6.45, 7) is 0.603. The standard InChI is InChI=1S/C25H21NO2/c27-25(26-24-12-6-10-20-9-4-5-11-23(20)24)21-13-15-22(16-14-21)28-18-17-19-7-2-1-3-8-19/h1-16H,17-18H2,(H,26,27). The van der Waals surface area contributed by atoms with Crippen molar-refractivity contribution >= 4 is 22.4 Å². The molecule has 4 rings (SSSR count). The lowest BCUT2D eigenvalue weighted by Crippen LogP contribution is -2.12. The smallest absolute Gasteiger partial charge is 0.255 e. The Morgan fingerprint density at radius 3 is 2.29 bits per heavy atom. The number of rotatable bonds is 6. The van der Waals surface area contributed by atoms with E-state index in [1.165, 1.54) is 5.56 Å². The zero-order chi connectivity index (χ0) is 19.2. The Kier molecular flexibility index (Phi) is 5.34. The van der Waals surface area contributed by atoms with Crippen LogP contribution in [0.4, 0.5) is 5.69 Å². The Morgan fingerprint density at radius 2 is 1.46 bits per heavy atom. The molecular formula is C25H21NO2. The molecule has 0 aliphatic rings. The van der Waals surface area contributed by atoms with Gasteiger partial charge in [-0.1, -0.05) is 66.7 Å². The summed E-state index contributed by atoms with van der Waals surface area (Å²) in [5.74, 6) is 0.629. The molecule has 28 heavy (non-hydrogen) atoms. The van der Waals surface area contributed by atoms with Crippen LogP contribution in [-0.4, -0.2) is 12.5 Å². The minimum atomic E-state index is -0.132. The molecule has 1 amide bonds. The van der Waals surface area contributed by atoms with Gasteiger partial charge in [-0.3, -0.25) is 4.79 Å². The van der Waals surface area contributed by atoms with Crippen molar-refractivity contribution in [3.8, 4) is 5.75 Å². The lowest BCUT2D eigenvalue weighted by molar-refractivity contribution is 0.102. The van der Waals surface area contributed by atoms with Crippen LogP contribution in [0.3, 0.4) is 0 Å². The molecule has 0 unspecified atom stereocenters. The molecule has 4 aromatic rings. The van der Waals surface area contributed by atoms with Crippen molar-refractivity contribution in [3.63, 3.8) is 0 Å². The van der Waals surface area contributed by atoms with Crippen LogP contribution in [-0.2, 0) is 6.42 Å². The van der Waals surface area contributed by atoms with E-state index in [4.69, 9.17) is 4.74 Å². The van der Waals surface area contributed by atoms with Crippen LogP contribution in [0.5, 0.6) is 5.75 Å².